The lowest BCUT2D eigenvalue weighted by Crippen LogP contribution is -2.24. The van der Waals surface area contributed by atoms with E-state index in [9.17, 15) is 13.9 Å². The van der Waals surface area contributed by atoms with Gasteiger partial charge in [-0.3, -0.25) is 0 Å². The maximum atomic E-state index is 13.1. The van der Waals surface area contributed by atoms with Crippen molar-refractivity contribution >= 4 is 0 Å². The first kappa shape index (κ1) is 12.7. The van der Waals surface area contributed by atoms with Crippen LogP contribution >= 0.6 is 0 Å². The Kier molecular flexibility index (Phi) is 3.43. The van der Waals surface area contributed by atoms with Gasteiger partial charge in [-0.15, -0.1) is 0 Å². The summed E-state index contributed by atoms with van der Waals surface area (Å²) in [5.41, 5.74) is -0.152. The molecule has 1 unspecified atom stereocenters. The van der Waals surface area contributed by atoms with Crippen LogP contribution in [-0.2, 0) is 12.0 Å². The molecule has 0 aliphatic carbocycles. The average molecular weight is 248 g/mol. The minimum Gasteiger partial charge on any atom is -0.385 e. The largest absolute Gasteiger partial charge is 0.385 e. The van der Waals surface area contributed by atoms with Gasteiger partial charge in [0.25, 0.3) is 0 Å². The van der Waals surface area contributed by atoms with Gasteiger partial charge in [0.1, 0.15) is 11.6 Å². The molecule has 0 saturated carbocycles. The number of benzene rings is 2. The molecule has 0 aliphatic rings. The maximum Gasteiger partial charge on any atom is 0.126 e. The molecule has 2 rings (SSSR count). The van der Waals surface area contributed by atoms with Gasteiger partial charge in [-0.25, -0.2) is 8.78 Å². The van der Waals surface area contributed by atoms with Crippen molar-refractivity contribution in [1.29, 1.82) is 0 Å². The number of rotatable bonds is 3. The Morgan fingerprint density at radius 2 is 1.56 bits per heavy atom. The van der Waals surface area contributed by atoms with Gasteiger partial charge in [-0.05, 0) is 30.2 Å². The Hall–Kier alpha value is -1.74. The number of halogens is 2. The fraction of sp³-hybridized carbons (Fsp3) is 0.200. The van der Waals surface area contributed by atoms with Crippen LogP contribution in [0.15, 0.2) is 48.5 Å². The molecule has 2 aromatic rings. The van der Waals surface area contributed by atoms with Crippen LogP contribution in [0, 0.1) is 11.6 Å². The van der Waals surface area contributed by atoms with E-state index >= 15 is 0 Å². The van der Waals surface area contributed by atoms with Gasteiger partial charge < -0.3 is 5.11 Å². The first-order chi connectivity index (χ1) is 8.47. The topological polar surface area (TPSA) is 20.2 Å². The van der Waals surface area contributed by atoms with Crippen LogP contribution in [-0.4, -0.2) is 5.11 Å². The van der Waals surface area contributed by atoms with E-state index < -0.39 is 17.2 Å². The van der Waals surface area contributed by atoms with Gasteiger partial charge in [0, 0.05) is 12.5 Å². The molecule has 1 nitrogen and oxygen atoms in total. The van der Waals surface area contributed by atoms with Crippen molar-refractivity contribution in [3.05, 3.63) is 71.3 Å². The van der Waals surface area contributed by atoms with Crippen LogP contribution in [0.25, 0.3) is 0 Å². The first-order valence-corrected chi connectivity index (χ1v) is 5.70. The van der Waals surface area contributed by atoms with Crippen LogP contribution in [0.2, 0.25) is 0 Å². The normalized spacial score (nSPS) is 14.2. The van der Waals surface area contributed by atoms with Crippen molar-refractivity contribution in [3.63, 3.8) is 0 Å². The fourth-order valence-electron chi connectivity index (χ4n) is 1.96. The van der Waals surface area contributed by atoms with Gasteiger partial charge in [-0.2, -0.15) is 0 Å². The predicted molar refractivity (Wildman–Crippen MR) is 66.1 cm³/mol. The van der Waals surface area contributed by atoms with Gasteiger partial charge in [0.05, 0.1) is 5.60 Å². The molecule has 0 radical (unpaired) electrons. The zero-order valence-electron chi connectivity index (χ0n) is 10.0. The molecule has 2 aromatic carbocycles. The SMILES string of the molecule is CC(O)(Cc1ccccc1)c1cc(F)cc(F)c1. The highest BCUT2D eigenvalue weighted by molar-refractivity contribution is 5.27. The first-order valence-electron chi connectivity index (χ1n) is 5.70. The minimum atomic E-state index is -1.30. The molecule has 0 heterocycles. The summed E-state index contributed by atoms with van der Waals surface area (Å²) in [4.78, 5) is 0. The third kappa shape index (κ3) is 2.93. The van der Waals surface area contributed by atoms with E-state index in [0.717, 1.165) is 23.8 Å². The van der Waals surface area contributed by atoms with Crippen molar-refractivity contribution in [3.8, 4) is 0 Å². The molecule has 0 fully saturated rings. The van der Waals surface area contributed by atoms with Gasteiger partial charge in [0.15, 0.2) is 0 Å². The molecule has 0 aliphatic heterocycles. The van der Waals surface area contributed by atoms with Crippen LogP contribution < -0.4 is 0 Å². The monoisotopic (exact) mass is 248 g/mol. The van der Waals surface area contributed by atoms with Crippen LogP contribution in [0.1, 0.15) is 18.1 Å². The number of hydrogen-bond acceptors (Lipinski definition) is 1. The summed E-state index contributed by atoms with van der Waals surface area (Å²) in [6.45, 7) is 1.55. The lowest BCUT2D eigenvalue weighted by atomic mass is 9.89. The van der Waals surface area contributed by atoms with E-state index in [1.807, 2.05) is 30.3 Å². The summed E-state index contributed by atoms with van der Waals surface area (Å²) >= 11 is 0. The summed E-state index contributed by atoms with van der Waals surface area (Å²) < 4.78 is 26.3. The van der Waals surface area contributed by atoms with E-state index in [0.29, 0.717) is 6.42 Å². The van der Waals surface area contributed by atoms with Crippen molar-refractivity contribution in [2.75, 3.05) is 0 Å². The van der Waals surface area contributed by atoms with E-state index in [4.69, 9.17) is 0 Å². The summed E-state index contributed by atoms with van der Waals surface area (Å²) in [7, 11) is 0. The number of hydrogen-bond donors (Lipinski definition) is 1. The third-order valence-electron chi connectivity index (χ3n) is 2.88. The fourth-order valence-corrected chi connectivity index (χ4v) is 1.96. The molecule has 0 amide bonds. The van der Waals surface area contributed by atoms with Crippen molar-refractivity contribution in [2.45, 2.75) is 18.9 Å². The Balaban J connectivity index is 2.30. The predicted octanol–water partition coefficient (Wildman–Crippen LogP) is 3.42. The lowest BCUT2D eigenvalue weighted by molar-refractivity contribution is 0.0569. The summed E-state index contributed by atoms with van der Waals surface area (Å²) in [6, 6.07) is 12.4. The second kappa shape index (κ2) is 4.86. The molecule has 18 heavy (non-hydrogen) atoms. The lowest BCUT2D eigenvalue weighted by Gasteiger charge is -2.24. The van der Waals surface area contributed by atoms with Crippen molar-refractivity contribution in [2.24, 2.45) is 0 Å². The highest BCUT2D eigenvalue weighted by Crippen LogP contribution is 2.26. The molecule has 1 atom stereocenters. The zero-order valence-corrected chi connectivity index (χ0v) is 10.0. The van der Waals surface area contributed by atoms with Crippen LogP contribution in [0.4, 0.5) is 8.78 Å². The summed E-state index contributed by atoms with van der Waals surface area (Å²) in [5.74, 6) is -1.36. The average Bonchev–Trinajstić information content (AvgIpc) is 2.28. The van der Waals surface area contributed by atoms with Crippen LogP contribution in [0.5, 0.6) is 0 Å². The second-order valence-electron chi connectivity index (χ2n) is 4.59. The van der Waals surface area contributed by atoms with E-state index in [-0.39, 0.29) is 5.56 Å². The Labute approximate surface area is 105 Å². The summed E-state index contributed by atoms with van der Waals surface area (Å²) in [6.07, 6.45) is 0.302. The Morgan fingerprint density at radius 1 is 1.00 bits per heavy atom. The van der Waals surface area contributed by atoms with Gasteiger partial charge in [0.2, 0.25) is 0 Å². The quantitative estimate of drug-likeness (QED) is 0.882. The van der Waals surface area contributed by atoms with E-state index in [1.54, 1.807) is 6.92 Å². The molecule has 1 N–H and O–H groups in total. The molecule has 0 spiro atoms. The van der Waals surface area contributed by atoms with Gasteiger partial charge >= 0.3 is 0 Å². The maximum absolute atomic E-state index is 13.1. The third-order valence-corrected chi connectivity index (χ3v) is 2.88. The minimum absolute atomic E-state index is 0.240. The van der Waals surface area contributed by atoms with Crippen molar-refractivity contribution in [1.82, 2.24) is 0 Å². The highest BCUT2D eigenvalue weighted by atomic mass is 19.1. The highest BCUT2D eigenvalue weighted by Gasteiger charge is 2.24. The molecule has 3 heteroatoms. The number of aliphatic hydroxyl groups is 1. The standard InChI is InChI=1S/C15H14F2O/c1-15(18,10-11-5-3-2-4-6-11)12-7-13(16)9-14(17)8-12/h2-9,18H,10H2,1H3. The smallest absolute Gasteiger partial charge is 0.126 e. The molecule has 0 aromatic heterocycles. The van der Waals surface area contributed by atoms with Gasteiger partial charge in [-0.1, -0.05) is 30.3 Å². The second-order valence-corrected chi connectivity index (χ2v) is 4.59. The Morgan fingerprint density at radius 3 is 2.11 bits per heavy atom. The van der Waals surface area contributed by atoms with Crippen LogP contribution in [0.3, 0.4) is 0 Å². The Bertz CT molecular complexity index is 515. The van der Waals surface area contributed by atoms with E-state index in [1.165, 1.54) is 0 Å². The molecule has 0 saturated heterocycles. The molecule has 0 bridgehead atoms. The zero-order chi connectivity index (χ0) is 13.2. The molecular formula is C15H14F2O. The van der Waals surface area contributed by atoms with E-state index in [2.05, 4.69) is 0 Å². The molecular weight excluding hydrogens is 234 g/mol. The molecule has 94 valence electrons. The summed E-state index contributed by atoms with van der Waals surface area (Å²) in [5, 5.41) is 10.4. The van der Waals surface area contributed by atoms with Crippen molar-refractivity contribution < 1.29 is 13.9 Å².